The smallest absolute Gasteiger partial charge is 0.308 e. The summed E-state index contributed by atoms with van der Waals surface area (Å²) in [5.74, 6) is -3.28. The van der Waals surface area contributed by atoms with Crippen LogP contribution in [-0.2, 0) is 35.4 Å². The molecule has 10 heteroatoms. The number of carbonyl (C=O) groups is 4. The third-order valence-electron chi connectivity index (χ3n) is 7.87. The number of carboxylic acid groups (broad SMARTS) is 1. The topological polar surface area (TPSA) is 140 Å². The monoisotopic (exact) mass is 575 g/mol. The third kappa shape index (κ3) is 8.24. The first-order valence-corrected chi connectivity index (χ1v) is 14.2. The van der Waals surface area contributed by atoms with E-state index in [0.717, 1.165) is 5.56 Å². The molecule has 2 aliphatic carbocycles. The Morgan fingerprint density at radius 1 is 1.20 bits per heavy atom. The molecule has 40 heavy (non-hydrogen) atoms. The number of ketones is 2. The number of oxime groups is 1. The summed E-state index contributed by atoms with van der Waals surface area (Å²) in [6, 6.07) is 7.27. The molecule has 0 saturated heterocycles. The molecule has 6 atom stereocenters. The van der Waals surface area contributed by atoms with Crippen molar-refractivity contribution in [2.45, 2.75) is 84.5 Å². The quantitative estimate of drug-likeness (QED) is 0.249. The Hall–Kier alpha value is -3.04. The number of hydrogen-bond acceptors (Lipinski definition) is 8. The molecule has 3 rings (SSSR count). The van der Waals surface area contributed by atoms with Crippen molar-refractivity contribution in [1.29, 1.82) is 0 Å². The van der Waals surface area contributed by atoms with Crippen molar-refractivity contribution in [1.82, 2.24) is 0 Å². The second-order valence-corrected chi connectivity index (χ2v) is 11.1. The van der Waals surface area contributed by atoms with Gasteiger partial charge in [0.05, 0.1) is 24.2 Å². The first-order valence-electron chi connectivity index (χ1n) is 13.8. The van der Waals surface area contributed by atoms with Gasteiger partial charge in [0.2, 0.25) is 0 Å². The molecule has 1 aromatic carbocycles. The zero-order valence-corrected chi connectivity index (χ0v) is 23.9. The van der Waals surface area contributed by atoms with Gasteiger partial charge >= 0.3 is 11.9 Å². The van der Waals surface area contributed by atoms with Gasteiger partial charge in [-0.05, 0) is 49.3 Å². The molecule has 0 bridgehead atoms. The number of aliphatic hydroxyl groups is 1. The van der Waals surface area contributed by atoms with Crippen molar-refractivity contribution < 1.29 is 39.0 Å². The van der Waals surface area contributed by atoms with Crippen LogP contribution in [-0.4, -0.2) is 51.6 Å². The van der Waals surface area contributed by atoms with E-state index in [9.17, 15) is 24.3 Å². The molecule has 6 unspecified atom stereocenters. The van der Waals surface area contributed by atoms with E-state index >= 15 is 0 Å². The van der Waals surface area contributed by atoms with Crippen LogP contribution in [0.2, 0.25) is 5.02 Å². The minimum absolute atomic E-state index is 0.0598. The highest BCUT2D eigenvalue weighted by Gasteiger charge is 2.46. The normalized spacial score (nSPS) is 25.0. The second-order valence-electron chi connectivity index (χ2n) is 10.7. The molecule has 0 aliphatic heterocycles. The predicted octanol–water partition coefficient (Wildman–Crippen LogP) is 4.92. The predicted molar refractivity (Wildman–Crippen MR) is 149 cm³/mol. The number of benzene rings is 1. The molecule has 2 aliphatic rings. The fourth-order valence-electron chi connectivity index (χ4n) is 5.34. The molecule has 0 heterocycles. The number of hydrogen-bond donors (Lipinski definition) is 2. The maximum absolute atomic E-state index is 13.1. The van der Waals surface area contributed by atoms with Gasteiger partial charge in [0.1, 0.15) is 18.5 Å². The van der Waals surface area contributed by atoms with Gasteiger partial charge in [-0.3, -0.25) is 19.2 Å². The number of allylic oxidation sites excluding steroid dienone is 1. The van der Waals surface area contributed by atoms with E-state index in [2.05, 4.69) is 5.16 Å². The standard InChI is InChI=1S/C30H38ClNO8/c1-4-17(2)30(38)40-27-12-11-25(32-39-16-19-7-5-6-8-24(19)31)23-15-26(35)18(3)22(29(23)27)10-9-20(33)13-21(34)14-28(36)37/h5-8,15,17-18,21-22,27,29,34H,4,9-14,16H2,1-3H3,(H,36,37). The lowest BCUT2D eigenvalue weighted by atomic mass is 9.63. The number of halogens is 1. The van der Waals surface area contributed by atoms with Crippen molar-refractivity contribution >= 4 is 40.8 Å². The number of rotatable bonds is 13. The van der Waals surface area contributed by atoms with E-state index in [0.29, 0.717) is 42.0 Å². The highest BCUT2D eigenvalue weighted by molar-refractivity contribution is 6.31. The number of aliphatic carboxylic acids is 1. The molecule has 9 nitrogen and oxygen atoms in total. The summed E-state index contributed by atoms with van der Waals surface area (Å²) < 4.78 is 5.99. The highest BCUT2D eigenvalue weighted by Crippen LogP contribution is 2.44. The van der Waals surface area contributed by atoms with Crippen LogP contribution in [0.1, 0.15) is 71.3 Å². The molecule has 0 radical (unpaired) electrons. The summed E-state index contributed by atoms with van der Waals surface area (Å²) in [6.45, 7) is 5.67. The summed E-state index contributed by atoms with van der Waals surface area (Å²) in [5.41, 5.74) is 2.02. The molecule has 2 N–H and O–H groups in total. The number of ether oxygens (including phenoxy) is 1. The fraction of sp³-hybridized carbons (Fsp3) is 0.567. The minimum Gasteiger partial charge on any atom is -0.481 e. The van der Waals surface area contributed by atoms with E-state index in [4.69, 9.17) is 26.3 Å². The lowest BCUT2D eigenvalue weighted by molar-refractivity contribution is -0.158. The van der Waals surface area contributed by atoms with Crippen molar-refractivity contribution in [3.8, 4) is 0 Å². The largest absolute Gasteiger partial charge is 0.481 e. The number of fused-ring (bicyclic) bond motifs is 1. The molecule has 0 aromatic heterocycles. The Kier molecular flexibility index (Phi) is 11.5. The summed E-state index contributed by atoms with van der Waals surface area (Å²) in [4.78, 5) is 54.9. The van der Waals surface area contributed by atoms with E-state index in [1.807, 2.05) is 32.0 Å². The summed E-state index contributed by atoms with van der Waals surface area (Å²) >= 11 is 6.23. The molecule has 0 spiro atoms. The van der Waals surface area contributed by atoms with Gasteiger partial charge < -0.3 is 19.8 Å². The van der Waals surface area contributed by atoms with Gasteiger partial charge in [-0.2, -0.15) is 0 Å². The molecule has 1 fully saturated rings. The Morgan fingerprint density at radius 3 is 2.60 bits per heavy atom. The molecule has 1 saturated carbocycles. The fourth-order valence-corrected chi connectivity index (χ4v) is 5.53. The number of esters is 1. The highest BCUT2D eigenvalue weighted by atomic mass is 35.5. The summed E-state index contributed by atoms with van der Waals surface area (Å²) in [5, 5.41) is 23.7. The van der Waals surface area contributed by atoms with Gasteiger partial charge in [-0.15, -0.1) is 0 Å². The van der Waals surface area contributed by atoms with Gasteiger partial charge in [0.25, 0.3) is 0 Å². The van der Waals surface area contributed by atoms with Crippen molar-refractivity contribution in [3.05, 3.63) is 46.5 Å². The average Bonchev–Trinajstić information content (AvgIpc) is 2.90. The molecular weight excluding hydrogens is 538 g/mol. The van der Waals surface area contributed by atoms with Crippen molar-refractivity contribution in [3.63, 3.8) is 0 Å². The first-order chi connectivity index (χ1) is 19.0. The molecule has 1 aromatic rings. The number of aliphatic hydroxyl groups excluding tert-OH is 1. The Labute approximate surface area is 239 Å². The van der Waals surface area contributed by atoms with Crippen LogP contribution in [0.25, 0.3) is 0 Å². The van der Waals surface area contributed by atoms with Gasteiger partial charge in [-0.1, -0.05) is 55.7 Å². The molecule has 218 valence electrons. The van der Waals surface area contributed by atoms with Crippen LogP contribution in [0.3, 0.4) is 0 Å². The van der Waals surface area contributed by atoms with E-state index in [1.165, 1.54) is 0 Å². The van der Waals surface area contributed by atoms with Crippen LogP contribution >= 0.6 is 11.6 Å². The minimum atomic E-state index is -1.27. The average molecular weight is 576 g/mol. The van der Waals surface area contributed by atoms with Gasteiger partial charge in [-0.25, -0.2) is 0 Å². The maximum Gasteiger partial charge on any atom is 0.308 e. The van der Waals surface area contributed by atoms with Gasteiger partial charge in [0, 0.05) is 35.3 Å². The Bertz CT molecular complexity index is 1160. The Balaban J connectivity index is 1.84. The number of carbonyl (C=O) groups excluding carboxylic acids is 3. The van der Waals surface area contributed by atoms with Crippen LogP contribution in [0.15, 0.2) is 41.1 Å². The van der Waals surface area contributed by atoms with Crippen LogP contribution in [0.5, 0.6) is 0 Å². The maximum atomic E-state index is 13.1. The van der Waals surface area contributed by atoms with Gasteiger partial charge in [0.15, 0.2) is 5.78 Å². The van der Waals surface area contributed by atoms with Crippen molar-refractivity contribution in [2.24, 2.45) is 28.8 Å². The zero-order chi connectivity index (χ0) is 29.4. The number of carboxylic acids is 1. The van der Waals surface area contributed by atoms with E-state index in [1.54, 1.807) is 19.1 Å². The Morgan fingerprint density at radius 2 is 1.93 bits per heavy atom. The van der Waals surface area contributed by atoms with E-state index < -0.39 is 30.5 Å². The lowest BCUT2D eigenvalue weighted by Crippen LogP contribution is -2.46. The molecule has 0 amide bonds. The number of nitrogens with zero attached hydrogens (tertiary/aromatic N) is 1. The van der Waals surface area contributed by atoms with Crippen LogP contribution in [0.4, 0.5) is 0 Å². The number of Topliss-reactive ketones (excluding diaryl/α,β-unsaturated/α-hetero) is 1. The summed E-state index contributed by atoms with van der Waals surface area (Å²) in [6.07, 6.45) is 0.952. The zero-order valence-electron chi connectivity index (χ0n) is 23.2. The first kappa shape index (κ1) is 31.5. The van der Waals surface area contributed by atoms with Crippen LogP contribution in [0, 0.1) is 23.7 Å². The third-order valence-corrected chi connectivity index (χ3v) is 8.24. The second kappa shape index (κ2) is 14.6. The van der Waals surface area contributed by atoms with E-state index in [-0.39, 0.29) is 54.7 Å². The lowest BCUT2D eigenvalue weighted by Gasteiger charge is -2.43. The summed E-state index contributed by atoms with van der Waals surface area (Å²) in [7, 11) is 0. The van der Waals surface area contributed by atoms with Crippen LogP contribution < -0.4 is 0 Å². The van der Waals surface area contributed by atoms with Crippen molar-refractivity contribution in [2.75, 3.05) is 0 Å². The molecular formula is C30H38ClNO8. The SMILES string of the molecule is CCC(C)C(=O)OC1CCC(=NOCc2ccccc2Cl)C2=CC(=O)C(C)C(CCC(=O)CC(O)CC(=O)O)C21.